The van der Waals surface area contributed by atoms with Crippen molar-refractivity contribution in [2.24, 2.45) is 5.92 Å². The van der Waals surface area contributed by atoms with E-state index >= 15 is 0 Å². The second-order valence-corrected chi connectivity index (χ2v) is 1.55. The van der Waals surface area contributed by atoms with Crippen LogP contribution in [0.1, 0.15) is 13.8 Å². The average Bonchev–Trinajstić information content (AvgIpc) is 1.38. The maximum absolute atomic E-state index is 11.1. The fourth-order valence-electron chi connectivity index (χ4n) is 0. The fraction of sp³-hybridized carbons (Fsp3) is 1.00. The Balaban J connectivity index is 0. The van der Waals surface area contributed by atoms with Gasteiger partial charge in [-0.1, -0.05) is 13.8 Å². The van der Waals surface area contributed by atoms with Gasteiger partial charge in [0, 0.05) is 0 Å². The monoisotopic (exact) mass is 100 g/mol. The zero-order chi connectivity index (χ0) is 4.28. The average molecular weight is 100 g/mol. The Bertz CT molecular complexity index is 21.5. The fourth-order valence-corrected chi connectivity index (χ4v) is 0. The molecule has 0 amide bonds. The Hall–Kier alpha value is 0.930. The van der Waals surface area contributed by atoms with Gasteiger partial charge in [-0.05, 0) is 5.92 Å². The molecule has 0 bridgehead atoms. The zero-order valence-corrected chi connectivity index (χ0v) is 3.66. The number of hydrogen-bond donors (Lipinski definition) is 0. The van der Waals surface area contributed by atoms with Crippen LogP contribution in [0, 0.1) is 5.92 Å². The Morgan fingerprint density at radius 2 is 1.67 bits per heavy atom. The van der Waals surface area contributed by atoms with Gasteiger partial charge in [0.2, 0.25) is 0 Å². The van der Waals surface area contributed by atoms with Crippen molar-refractivity contribution in [3.8, 4) is 0 Å². The predicted molar refractivity (Wildman–Crippen MR) is 28.0 cm³/mol. The molecule has 0 unspecified atom stereocenters. The van der Waals surface area contributed by atoms with Crippen molar-refractivity contribution in [3.05, 3.63) is 0 Å². The van der Waals surface area contributed by atoms with E-state index in [0.717, 1.165) is 0 Å². The van der Waals surface area contributed by atoms with Crippen molar-refractivity contribution in [2.75, 3.05) is 6.67 Å². The molecule has 0 saturated carbocycles. The van der Waals surface area contributed by atoms with Gasteiger partial charge < -0.3 is 0 Å². The molecule has 6 heavy (non-hydrogen) atoms. The molecule has 0 saturated heterocycles. The molecule has 0 aliphatic carbocycles. The summed E-state index contributed by atoms with van der Waals surface area (Å²) in [6, 6.07) is 0. The third kappa shape index (κ3) is 8.87. The minimum atomic E-state index is -0.194. The molecule has 0 aromatic heterocycles. The number of halogens is 1. The van der Waals surface area contributed by atoms with Crippen molar-refractivity contribution >= 4 is 29.6 Å². The van der Waals surface area contributed by atoms with Gasteiger partial charge in [-0.25, -0.2) is 0 Å². The second-order valence-electron chi connectivity index (χ2n) is 1.55. The Labute approximate surface area is 60.4 Å². The zero-order valence-electron chi connectivity index (χ0n) is 3.66. The van der Waals surface area contributed by atoms with E-state index in [4.69, 9.17) is 0 Å². The molecule has 0 atom stereocenters. The van der Waals surface area contributed by atoms with Crippen molar-refractivity contribution in [3.63, 3.8) is 0 Å². The molecular weight excluding hydrogens is 90.0 g/mol. The van der Waals surface area contributed by atoms with Gasteiger partial charge in [-0.2, -0.15) is 0 Å². The van der Waals surface area contributed by atoms with E-state index in [2.05, 4.69) is 0 Å². The number of alkyl halides is 1. The van der Waals surface area contributed by atoms with Crippen LogP contribution >= 0.6 is 0 Å². The van der Waals surface area contributed by atoms with Gasteiger partial charge in [0.15, 0.2) is 0 Å². The van der Waals surface area contributed by atoms with Crippen LogP contribution in [0.2, 0.25) is 0 Å². The van der Waals surface area contributed by atoms with E-state index in [1.165, 1.54) is 0 Å². The van der Waals surface area contributed by atoms with Gasteiger partial charge in [0.05, 0.1) is 6.67 Å². The summed E-state index contributed by atoms with van der Waals surface area (Å²) in [7, 11) is 0. The molecule has 0 radical (unpaired) electrons. The van der Waals surface area contributed by atoms with Gasteiger partial charge in [-0.15, -0.1) is 0 Å². The molecule has 2 heteroatoms. The summed E-state index contributed by atoms with van der Waals surface area (Å²) in [6.45, 7) is 3.50. The summed E-state index contributed by atoms with van der Waals surface area (Å²) < 4.78 is 11.1. The Morgan fingerprint density at radius 3 is 1.67 bits per heavy atom. The van der Waals surface area contributed by atoms with Crippen LogP contribution in [-0.4, -0.2) is 36.2 Å². The second kappa shape index (κ2) is 5.93. The molecule has 0 aliphatic heterocycles. The summed E-state index contributed by atoms with van der Waals surface area (Å²) in [5.41, 5.74) is 0. The van der Waals surface area contributed by atoms with E-state index in [9.17, 15) is 4.39 Å². The van der Waals surface area contributed by atoms with E-state index < -0.39 is 0 Å². The normalized spacial score (nSPS) is 8.00. The molecule has 0 aliphatic rings. The molecule has 0 aromatic rings. The molecule has 34 valence electrons. The van der Waals surface area contributed by atoms with Crippen LogP contribution in [0.5, 0.6) is 0 Å². The Morgan fingerprint density at radius 1 is 1.50 bits per heavy atom. The van der Waals surface area contributed by atoms with Crippen LogP contribution in [0.4, 0.5) is 4.39 Å². The molecule has 0 spiro atoms. The quantitative estimate of drug-likeness (QED) is 0.430. The first-order valence-corrected chi connectivity index (χ1v) is 1.83. The van der Waals surface area contributed by atoms with Crippen LogP contribution < -0.4 is 0 Å². The van der Waals surface area contributed by atoms with Crippen LogP contribution in [0.3, 0.4) is 0 Å². The van der Waals surface area contributed by atoms with E-state index in [-0.39, 0.29) is 42.1 Å². The first kappa shape index (κ1) is 10.0. The van der Waals surface area contributed by atoms with Crippen molar-refractivity contribution < 1.29 is 4.39 Å². The third-order valence-electron chi connectivity index (χ3n) is 0.309. The maximum atomic E-state index is 11.1. The van der Waals surface area contributed by atoms with Crippen molar-refractivity contribution in [1.29, 1.82) is 0 Å². The van der Waals surface area contributed by atoms with Gasteiger partial charge in [-0.3, -0.25) is 4.39 Å². The number of rotatable bonds is 1. The standard InChI is InChI=1S/C4H9F.Na.H/c1-4(2)3-5;;/h4H,3H2,1-2H3;;. The summed E-state index contributed by atoms with van der Waals surface area (Å²) in [4.78, 5) is 0. The van der Waals surface area contributed by atoms with Crippen LogP contribution in [-0.2, 0) is 0 Å². The van der Waals surface area contributed by atoms with Crippen molar-refractivity contribution in [2.45, 2.75) is 13.8 Å². The SMILES string of the molecule is CC(C)CF.[NaH]. The third-order valence-corrected chi connectivity index (χ3v) is 0.309. The van der Waals surface area contributed by atoms with E-state index in [0.29, 0.717) is 0 Å². The molecular formula is C4H10FNa. The van der Waals surface area contributed by atoms with Gasteiger partial charge in [0.1, 0.15) is 0 Å². The van der Waals surface area contributed by atoms with Gasteiger partial charge >= 0.3 is 29.6 Å². The Kier molecular flexibility index (Phi) is 9.91. The molecule has 0 aromatic carbocycles. The number of hydrogen-bond acceptors (Lipinski definition) is 0. The topological polar surface area (TPSA) is 0 Å². The summed E-state index contributed by atoms with van der Waals surface area (Å²) in [5, 5.41) is 0. The summed E-state index contributed by atoms with van der Waals surface area (Å²) in [5.74, 6) is 0.218. The van der Waals surface area contributed by atoms with Crippen LogP contribution in [0.25, 0.3) is 0 Å². The van der Waals surface area contributed by atoms with E-state index in [1.807, 2.05) is 13.8 Å². The summed E-state index contributed by atoms with van der Waals surface area (Å²) in [6.07, 6.45) is 0. The van der Waals surface area contributed by atoms with E-state index in [1.54, 1.807) is 0 Å². The van der Waals surface area contributed by atoms with Crippen molar-refractivity contribution in [1.82, 2.24) is 0 Å². The molecule has 0 rings (SSSR count). The summed E-state index contributed by atoms with van der Waals surface area (Å²) >= 11 is 0. The minimum absolute atomic E-state index is 0. The molecule has 0 heterocycles. The molecule has 0 N–H and O–H groups in total. The first-order chi connectivity index (χ1) is 2.27. The first-order valence-electron chi connectivity index (χ1n) is 1.83. The van der Waals surface area contributed by atoms with Gasteiger partial charge in [0.25, 0.3) is 0 Å². The molecule has 0 nitrogen and oxygen atoms in total. The molecule has 0 fully saturated rings. The van der Waals surface area contributed by atoms with Crippen LogP contribution in [0.15, 0.2) is 0 Å². The predicted octanol–water partition coefficient (Wildman–Crippen LogP) is 0.963.